The molecular formula is C21H27NO5. The van der Waals surface area contributed by atoms with Crippen molar-refractivity contribution in [1.29, 1.82) is 0 Å². The largest absolute Gasteiger partial charge is 0.493 e. The number of rotatable bonds is 11. The summed E-state index contributed by atoms with van der Waals surface area (Å²) in [6.07, 6.45) is 5.82. The maximum absolute atomic E-state index is 12.6. The van der Waals surface area contributed by atoms with Crippen LogP contribution in [0.1, 0.15) is 24.7 Å². The van der Waals surface area contributed by atoms with Gasteiger partial charge in [0.15, 0.2) is 11.5 Å². The maximum atomic E-state index is 12.6. The lowest BCUT2D eigenvalue weighted by molar-refractivity contribution is -0.127. The molecule has 6 heteroatoms. The van der Waals surface area contributed by atoms with E-state index < -0.39 is 0 Å². The Balaban J connectivity index is 2.07. The summed E-state index contributed by atoms with van der Waals surface area (Å²) in [6, 6.07) is 9.24. The first-order valence-electron chi connectivity index (χ1n) is 8.97. The Labute approximate surface area is 160 Å². The summed E-state index contributed by atoms with van der Waals surface area (Å²) in [4.78, 5) is 14.3. The Morgan fingerprint density at radius 1 is 1.19 bits per heavy atom. The van der Waals surface area contributed by atoms with Crippen LogP contribution in [0.25, 0.3) is 6.08 Å². The number of ether oxygens (including phenoxy) is 3. The van der Waals surface area contributed by atoms with Gasteiger partial charge in [0.1, 0.15) is 5.76 Å². The molecule has 27 heavy (non-hydrogen) atoms. The van der Waals surface area contributed by atoms with Crippen molar-refractivity contribution in [1.82, 2.24) is 4.90 Å². The second-order valence-electron chi connectivity index (χ2n) is 5.92. The summed E-state index contributed by atoms with van der Waals surface area (Å²) >= 11 is 0. The molecule has 1 heterocycles. The van der Waals surface area contributed by atoms with Gasteiger partial charge in [-0.25, -0.2) is 0 Å². The number of hydrogen-bond donors (Lipinski definition) is 0. The monoisotopic (exact) mass is 373 g/mol. The molecule has 0 aliphatic rings. The van der Waals surface area contributed by atoms with E-state index in [0.717, 1.165) is 17.7 Å². The van der Waals surface area contributed by atoms with Gasteiger partial charge in [-0.05, 0) is 42.3 Å². The molecule has 2 rings (SSSR count). The van der Waals surface area contributed by atoms with Crippen molar-refractivity contribution in [3.63, 3.8) is 0 Å². The summed E-state index contributed by atoms with van der Waals surface area (Å²) in [5.74, 6) is 1.95. The molecule has 0 spiro atoms. The third-order valence-corrected chi connectivity index (χ3v) is 3.87. The zero-order valence-corrected chi connectivity index (χ0v) is 16.1. The third kappa shape index (κ3) is 6.49. The van der Waals surface area contributed by atoms with E-state index in [4.69, 9.17) is 18.6 Å². The fourth-order valence-electron chi connectivity index (χ4n) is 2.45. The number of nitrogens with zero attached hydrogens (tertiary/aromatic N) is 1. The van der Waals surface area contributed by atoms with Crippen LogP contribution in [0.4, 0.5) is 0 Å². The predicted octanol–water partition coefficient (Wildman–Crippen LogP) is 3.77. The fraction of sp³-hybridized carbons (Fsp3) is 0.381. The van der Waals surface area contributed by atoms with Crippen LogP contribution in [-0.2, 0) is 16.1 Å². The van der Waals surface area contributed by atoms with Gasteiger partial charge in [-0.1, -0.05) is 13.0 Å². The summed E-state index contributed by atoms with van der Waals surface area (Å²) in [5, 5.41) is 0. The van der Waals surface area contributed by atoms with Crippen LogP contribution in [0.3, 0.4) is 0 Å². The Hall–Kier alpha value is -2.73. The van der Waals surface area contributed by atoms with Gasteiger partial charge >= 0.3 is 0 Å². The van der Waals surface area contributed by atoms with Crippen LogP contribution in [-0.4, -0.2) is 44.8 Å². The van der Waals surface area contributed by atoms with E-state index in [-0.39, 0.29) is 5.91 Å². The van der Waals surface area contributed by atoms with Gasteiger partial charge in [-0.2, -0.15) is 0 Å². The Morgan fingerprint density at radius 2 is 2.04 bits per heavy atom. The minimum absolute atomic E-state index is 0.117. The molecule has 0 aliphatic heterocycles. The molecule has 0 N–H and O–H groups in total. The number of methoxy groups -OCH3 is 2. The third-order valence-electron chi connectivity index (χ3n) is 3.87. The highest BCUT2D eigenvalue weighted by Gasteiger charge is 2.13. The molecule has 1 aromatic heterocycles. The zero-order valence-electron chi connectivity index (χ0n) is 16.1. The number of furan rings is 1. The van der Waals surface area contributed by atoms with Gasteiger partial charge in [-0.15, -0.1) is 0 Å². The van der Waals surface area contributed by atoms with Crippen molar-refractivity contribution in [2.75, 3.05) is 34.0 Å². The zero-order chi connectivity index (χ0) is 19.5. The van der Waals surface area contributed by atoms with Gasteiger partial charge in [0, 0.05) is 19.7 Å². The smallest absolute Gasteiger partial charge is 0.247 e. The number of benzene rings is 1. The van der Waals surface area contributed by atoms with Crippen LogP contribution < -0.4 is 9.47 Å². The predicted molar refractivity (Wildman–Crippen MR) is 104 cm³/mol. The average Bonchev–Trinajstić information content (AvgIpc) is 3.21. The van der Waals surface area contributed by atoms with Crippen LogP contribution in [0.5, 0.6) is 11.5 Å². The summed E-state index contributed by atoms with van der Waals surface area (Å²) < 4.78 is 21.5. The highest BCUT2D eigenvalue weighted by molar-refractivity contribution is 5.91. The number of carbonyl (C=O) groups excluding carboxylic acids is 1. The van der Waals surface area contributed by atoms with Gasteiger partial charge in [0.05, 0.1) is 33.1 Å². The molecule has 0 radical (unpaired) electrons. The lowest BCUT2D eigenvalue weighted by atomic mass is 10.2. The highest BCUT2D eigenvalue weighted by Crippen LogP contribution is 2.28. The van der Waals surface area contributed by atoms with Crippen molar-refractivity contribution in [3.8, 4) is 11.5 Å². The molecule has 0 saturated heterocycles. The minimum atomic E-state index is -0.117. The fourth-order valence-corrected chi connectivity index (χ4v) is 2.45. The highest BCUT2D eigenvalue weighted by atomic mass is 16.5. The first kappa shape index (κ1) is 20.6. The van der Waals surface area contributed by atoms with Crippen LogP contribution >= 0.6 is 0 Å². The molecule has 146 valence electrons. The topological polar surface area (TPSA) is 61.1 Å². The molecule has 0 saturated carbocycles. The average molecular weight is 373 g/mol. The molecule has 6 nitrogen and oxygen atoms in total. The normalized spacial score (nSPS) is 10.9. The van der Waals surface area contributed by atoms with Crippen LogP contribution in [0.2, 0.25) is 0 Å². The van der Waals surface area contributed by atoms with Crippen molar-refractivity contribution >= 4 is 12.0 Å². The molecule has 0 fully saturated rings. The van der Waals surface area contributed by atoms with Crippen molar-refractivity contribution in [3.05, 3.63) is 54.0 Å². The van der Waals surface area contributed by atoms with Crippen molar-refractivity contribution < 1.29 is 23.4 Å². The lowest BCUT2D eigenvalue weighted by Gasteiger charge is -2.19. The van der Waals surface area contributed by atoms with E-state index in [0.29, 0.717) is 37.8 Å². The summed E-state index contributed by atoms with van der Waals surface area (Å²) in [6.45, 7) is 4.01. The quantitative estimate of drug-likeness (QED) is 0.561. The number of amides is 1. The van der Waals surface area contributed by atoms with Crippen molar-refractivity contribution in [2.45, 2.75) is 19.9 Å². The molecule has 0 aliphatic carbocycles. The molecular weight excluding hydrogens is 346 g/mol. The van der Waals surface area contributed by atoms with Crippen molar-refractivity contribution in [2.24, 2.45) is 0 Å². The lowest BCUT2D eigenvalue weighted by Crippen LogP contribution is -2.31. The second-order valence-corrected chi connectivity index (χ2v) is 5.92. The molecule has 0 unspecified atom stereocenters. The number of carbonyl (C=O) groups is 1. The van der Waals surface area contributed by atoms with E-state index in [2.05, 4.69) is 0 Å². The first-order valence-corrected chi connectivity index (χ1v) is 8.97. The van der Waals surface area contributed by atoms with E-state index >= 15 is 0 Å². The summed E-state index contributed by atoms with van der Waals surface area (Å²) in [7, 11) is 3.21. The van der Waals surface area contributed by atoms with Gasteiger partial charge in [-0.3, -0.25) is 4.79 Å². The van der Waals surface area contributed by atoms with Gasteiger partial charge < -0.3 is 23.5 Å². The van der Waals surface area contributed by atoms with Crippen LogP contribution in [0, 0.1) is 0 Å². The Morgan fingerprint density at radius 3 is 2.70 bits per heavy atom. The molecule has 1 amide bonds. The van der Waals surface area contributed by atoms with Gasteiger partial charge in [0.2, 0.25) is 5.91 Å². The summed E-state index contributed by atoms with van der Waals surface area (Å²) in [5.41, 5.74) is 0.855. The molecule has 0 atom stereocenters. The Kier molecular flexibility index (Phi) is 8.45. The van der Waals surface area contributed by atoms with Crippen LogP contribution in [0.15, 0.2) is 47.1 Å². The molecule has 2 aromatic rings. The molecule has 0 bridgehead atoms. The van der Waals surface area contributed by atoms with E-state index in [1.54, 1.807) is 43.6 Å². The number of hydrogen-bond acceptors (Lipinski definition) is 5. The van der Waals surface area contributed by atoms with E-state index in [1.807, 2.05) is 31.2 Å². The van der Waals surface area contributed by atoms with E-state index in [1.165, 1.54) is 0 Å². The SMILES string of the molecule is CCCOc1ccc(/C=C/C(=O)N(CCOC)Cc2ccco2)cc1OC. The maximum Gasteiger partial charge on any atom is 0.247 e. The van der Waals surface area contributed by atoms with E-state index in [9.17, 15) is 4.79 Å². The molecule has 1 aromatic carbocycles. The second kappa shape index (κ2) is 11.1. The standard InChI is InChI=1S/C21H27NO5/c1-4-12-27-19-9-7-17(15-20(19)25-3)8-10-21(23)22(11-14-24-2)16-18-6-5-13-26-18/h5-10,13,15H,4,11-12,14,16H2,1-3H3/b10-8+. The first-order chi connectivity index (χ1) is 13.2. The Bertz CT molecular complexity index is 724. The minimum Gasteiger partial charge on any atom is -0.493 e. The van der Waals surface area contributed by atoms with Gasteiger partial charge in [0.25, 0.3) is 0 Å².